The molecule has 0 aromatic carbocycles. The molecule has 2 rings (SSSR count). The van der Waals surface area contributed by atoms with Crippen LogP contribution in [-0.2, 0) is 6.18 Å². The maximum absolute atomic E-state index is 12.4. The summed E-state index contributed by atoms with van der Waals surface area (Å²) in [6.45, 7) is 0.426. The van der Waals surface area contributed by atoms with E-state index in [4.69, 9.17) is 0 Å². The van der Waals surface area contributed by atoms with Crippen LogP contribution in [0.3, 0.4) is 0 Å². The third kappa shape index (κ3) is 4.56. The van der Waals surface area contributed by atoms with Crippen molar-refractivity contribution in [3.63, 3.8) is 0 Å². The van der Waals surface area contributed by atoms with Gasteiger partial charge in [-0.2, -0.15) is 13.2 Å². The van der Waals surface area contributed by atoms with Crippen molar-refractivity contribution in [2.24, 2.45) is 0 Å². The first-order valence-corrected chi connectivity index (χ1v) is 6.57. The molecule has 0 saturated carbocycles. The molecule has 0 aliphatic carbocycles. The van der Waals surface area contributed by atoms with Gasteiger partial charge in [0, 0.05) is 25.5 Å². The number of pyridine rings is 2. The minimum Gasteiger partial charge on any atom is -0.505 e. The van der Waals surface area contributed by atoms with Crippen molar-refractivity contribution in [2.75, 3.05) is 18.4 Å². The minimum atomic E-state index is -4.43. The number of hydrogen-bond acceptors (Lipinski definition) is 5. The van der Waals surface area contributed by atoms with E-state index < -0.39 is 17.6 Å². The summed E-state index contributed by atoms with van der Waals surface area (Å²) in [4.78, 5) is 19.1. The number of halogens is 3. The van der Waals surface area contributed by atoms with Crippen molar-refractivity contribution in [1.82, 2.24) is 15.3 Å². The highest BCUT2D eigenvalue weighted by molar-refractivity contribution is 5.94. The molecule has 2 aromatic rings. The normalized spacial score (nSPS) is 11.1. The van der Waals surface area contributed by atoms with Crippen LogP contribution in [0.5, 0.6) is 5.75 Å². The molecule has 0 spiro atoms. The highest BCUT2D eigenvalue weighted by Gasteiger charge is 2.30. The number of hydrogen-bond donors (Lipinski definition) is 3. The lowest BCUT2D eigenvalue weighted by atomic mass is 10.3. The molecule has 6 nitrogen and oxygen atoms in total. The average molecular weight is 326 g/mol. The molecule has 0 bridgehead atoms. The van der Waals surface area contributed by atoms with Crippen LogP contribution in [0.15, 0.2) is 36.7 Å². The van der Waals surface area contributed by atoms with E-state index in [0.29, 0.717) is 0 Å². The van der Waals surface area contributed by atoms with Gasteiger partial charge in [-0.15, -0.1) is 0 Å². The SMILES string of the molecule is O=C(NCCNc1ccc(C(F)(F)F)cn1)c1ncccc1O. The molecular formula is C14H13F3N4O2. The number of nitrogens with zero attached hydrogens (tertiary/aromatic N) is 2. The van der Waals surface area contributed by atoms with Gasteiger partial charge in [0.2, 0.25) is 0 Å². The predicted molar refractivity (Wildman–Crippen MR) is 76.0 cm³/mol. The van der Waals surface area contributed by atoms with E-state index in [1.807, 2.05) is 0 Å². The Labute approximate surface area is 129 Å². The van der Waals surface area contributed by atoms with Crippen LogP contribution in [0.25, 0.3) is 0 Å². The lowest BCUT2D eigenvalue weighted by molar-refractivity contribution is -0.137. The molecular weight excluding hydrogens is 313 g/mol. The number of amides is 1. The molecule has 23 heavy (non-hydrogen) atoms. The highest BCUT2D eigenvalue weighted by Crippen LogP contribution is 2.28. The fourth-order valence-electron chi connectivity index (χ4n) is 1.69. The van der Waals surface area contributed by atoms with Crippen LogP contribution in [0.1, 0.15) is 16.1 Å². The van der Waals surface area contributed by atoms with Crippen molar-refractivity contribution in [2.45, 2.75) is 6.18 Å². The van der Waals surface area contributed by atoms with Crippen LogP contribution in [0, 0.1) is 0 Å². The Bertz CT molecular complexity index is 674. The van der Waals surface area contributed by atoms with Crippen molar-refractivity contribution in [1.29, 1.82) is 0 Å². The largest absolute Gasteiger partial charge is 0.505 e. The molecule has 122 valence electrons. The Morgan fingerprint density at radius 2 is 1.96 bits per heavy atom. The van der Waals surface area contributed by atoms with Gasteiger partial charge >= 0.3 is 6.18 Å². The van der Waals surface area contributed by atoms with Gasteiger partial charge in [0.1, 0.15) is 11.6 Å². The number of carbonyl (C=O) groups is 1. The molecule has 0 aliphatic heterocycles. The van der Waals surface area contributed by atoms with E-state index in [2.05, 4.69) is 20.6 Å². The standard InChI is InChI=1S/C14H13F3N4O2/c15-14(16,17)9-3-4-11(21-8-9)18-6-7-20-13(23)12-10(22)2-1-5-19-12/h1-5,8,22H,6-7H2,(H,18,21)(H,20,23). The Kier molecular flexibility index (Phi) is 4.99. The topological polar surface area (TPSA) is 87.1 Å². The average Bonchev–Trinajstić information content (AvgIpc) is 2.51. The second-order valence-electron chi connectivity index (χ2n) is 4.48. The van der Waals surface area contributed by atoms with Gasteiger partial charge in [-0.25, -0.2) is 9.97 Å². The summed E-state index contributed by atoms with van der Waals surface area (Å²) in [5.41, 5.74) is -0.929. The van der Waals surface area contributed by atoms with E-state index >= 15 is 0 Å². The molecule has 3 N–H and O–H groups in total. The van der Waals surface area contributed by atoms with Crippen molar-refractivity contribution in [3.05, 3.63) is 47.9 Å². The number of alkyl halides is 3. The second kappa shape index (κ2) is 6.95. The molecule has 2 heterocycles. The van der Waals surface area contributed by atoms with Gasteiger partial charge in [0.05, 0.1) is 5.56 Å². The van der Waals surface area contributed by atoms with Gasteiger partial charge in [-0.3, -0.25) is 4.79 Å². The number of anilines is 1. The summed E-state index contributed by atoms with van der Waals surface area (Å²) in [5.74, 6) is -0.527. The van der Waals surface area contributed by atoms with Crippen molar-refractivity contribution < 1.29 is 23.1 Å². The van der Waals surface area contributed by atoms with Crippen LogP contribution in [-0.4, -0.2) is 34.1 Å². The molecule has 0 unspecified atom stereocenters. The van der Waals surface area contributed by atoms with E-state index in [-0.39, 0.29) is 30.4 Å². The van der Waals surface area contributed by atoms with E-state index in [0.717, 1.165) is 12.3 Å². The number of carbonyl (C=O) groups excluding carboxylic acids is 1. The maximum Gasteiger partial charge on any atom is 0.417 e. The number of aromatic nitrogens is 2. The quantitative estimate of drug-likeness (QED) is 0.732. The van der Waals surface area contributed by atoms with E-state index in [9.17, 15) is 23.1 Å². The second-order valence-corrected chi connectivity index (χ2v) is 4.48. The molecule has 0 saturated heterocycles. The molecule has 0 radical (unpaired) electrons. The van der Waals surface area contributed by atoms with Crippen molar-refractivity contribution >= 4 is 11.7 Å². The van der Waals surface area contributed by atoms with Crippen LogP contribution < -0.4 is 10.6 Å². The third-order valence-corrected chi connectivity index (χ3v) is 2.81. The molecule has 0 fully saturated rings. The smallest absolute Gasteiger partial charge is 0.417 e. The summed E-state index contributed by atoms with van der Waals surface area (Å²) in [6, 6.07) is 4.95. The molecule has 1 amide bonds. The van der Waals surface area contributed by atoms with Gasteiger partial charge < -0.3 is 15.7 Å². The first kappa shape index (κ1) is 16.5. The zero-order valence-electron chi connectivity index (χ0n) is 11.8. The number of aromatic hydroxyl groups is 1. The maximum atomic E-state index is 12.4. The van der Waals surface area contributed by atoms with Crippen LogP contribution in [0.4, 0.5) is 19.0 Å². The fraction of sp³-hybridized carbons (Fsp3) is 0.214. The Morgan fingerprint density at radius 1 is 1.17 bits per heavy atom. The summed E-state index contributed by atoms with van der Waals surface area (Å²) >= 11 is 0. The lowest BCUT2D eigenvalue weighted by Gasteiger charge is -2.09. The van der Waals surface area contributed by atoms with Gasteiger partial charge in [-0.1, -0.05) is 0 Å². The van der Waals surface area contributed by atoms with Gasteiger partial charge in [-0.05, 0) is 24.3 Å². The van der Waals surface area contributed by atoms with E-state index in [1.54, 1.807) is 0 Å². The summed E-state index contributed by atoms with van der Waals surface area (Å²) in [5, 5.41) is 14.7. The molecule has 2 aromatic heterocycles. The fourth-order valence-corrected chi connectivity index (χ4v) is 1.69. The molecule has 0 aliphatic rings. The minimum absolute atomic E-state index is 0.0971. The summed E-state index contributed by atoms with van der Waals surface area (Å²) in [6.07, 6.45) is -2.32. The van der Waals surface area contributed by atoms with Crippen LogP contribution >= 0.6 is 0 Å². The predicted octanol–water partition coefficient (Wildman–Crippen LogP) is 2.04. The zero-order valence-corrected chi connectivity index (χ0v) is 11.8. The third-order valence-electron chi connectivity index (χ3n) is 2.81. The monoisotopic (exact) mass is 326 g/mol. The van der Waals surface area contributed by atoms with Gasteiger partial charge in [0.15, 0.2) is 5.69 Å². The zero-order chi connectivity index (χ0) is 16.9. The first-order chi connectivity index (χ1) is 10.9. The highest BCUT2D eigenvalue weighted by atomic mass is 19.4. The Morgan fingerprint density at radius 3 is 2.57 bits per heavy atom. The molecule has 9 heteroatoms. The summed E-state index contributed by atoms with van der Waals surface area (Å²) < 4.78 is 37.1. The number of nitrogens with one attached hydrogen (secondary N) is 2. The van der Waals surface area contributed by atoms with Crippen LogP contribution in [0.2, 0.25) is 0 Å². The van der Waals surface area contributed by atoms with E-state index in [1.165, 1.54) is 24.4 Å². The first-order valence-electron chi connectivity index (χ1n) is 6.57. The Hall–Kier alpha value is -2.84. The summed E-state index contributed by atoms with van der Waals surface area (Å²) in [7, 11) is 0. The Balaban J connectivity index is 1.79. The van der Waals surface area contributed by atoms with Crippen molar-refractivity contribution in [3.8, 4) is 5.75 Å². The lowest BCUT2D eigenvalue weighted by Crippen LogP contribution is -2.29. The molecule has 0 atom stereocenters. The number of rotatable bonds is 5. The van der Waals surface area contributed by atoms with Gasteiger partial charge in [0.25, 0.3) is 5.91 Å².